The molecular formula is C16H18F2O2. The second-order valence-electron chi connectivity index (χ2n) is 6.14. The topological polar surface area (TPSA) is 29.5 Å². The molecule has 0 heterocycles. The van der Waals surface area contributed by atoms with Crippen molar-refractivity contribution in [2.24, 2.45) is 5.41 Å². The van der Waals surface area contributed by atoms with E-state index in [1.54, 1.807) is 31.2 Å². The number of phenolic OH excluding ortho intramolecular Hbond substituents is 1. The van der Waals surface area contributed by atoms with Crippen molar-refractivity contribution in [2.75, 3.05) is 0 Å². The number of hydrogen-bond donors (Lipinski definition) is 1. The third-order valence-corrected chi connectivity index (χ3v) is 4.74. The third-order valence-electron chi connectivity index (χ3n) is 4.74. The van der Waals surface area contributed by atoms with Crippen LogP contribution < -0.4 is 0 Å². The van der Waals surface area contributed by atoms with Gasteiger partial charge in [-0.05, 0) is 43.4 Å². The highest BCUT2D eigenvalue weighted by Crippen LogP contribution is 2.57. The fourth-order valence-electron chi connectivity index (χ4n) is 3.13. The lowest BCUT2D eigenvalue weighted by molar-refractivity contribution is -0.104. The molecule has 1 saturated carbocycles. The highest BCUT2D eigenvalue weighted by Gasteiger charge is 2.54. The van der Waals surface area contributed by atoms with E-state index in [9.17, 15) is 13.9 Å². The van der Waals surface area contributed by atoms with Crippen LogP contribution in [-0.4, -0.2) is 10.7 Å². The zero-order valence-corrected chi connectivity index (χ0v) is 11.5. The molecule has 1 fully saturated rings. The smallest absolute Gasteiger partial charge is 0.164 e. The fourth-order valence-corrected chi connectivity index (χ4v) is 3.13. The Balaban J connectivity index is 1.79. The first-order chi connectivity index (χ1) is 9.45. The second-order valence-corrected chi connectivity index (χ2v) is 6.14. The van der Waals surface area contributed by atoms with Gasteiger partial charge in [0.15, 0.2) is 5.83 Å². The molecule has 4 rings (SSSR count). The summed E-state index contributed by atoms with van der Waals surface area (Å²) >= 11 is 0. The summed E-state index contributed by atoms with van der Waals surface area (Å²) in [5.74, 6) is -1.16. The Labute approximate surface area is 117 Å². The lowest BCUT2D eigenvalue weighted by Crippen LogP contribution is -2.47. The van der Waals surface area contributed by atoms with Crippen LogP contribution in [0, 0.1) is 5.41 Å². The highest BCUT2D eigenvalue weighted by atomic mass is 19.2. The van der Waals surface area contributed by atoms with Crippen LogP contribution >= 0.6 is 0 Å². The molecule has 4 heteroatoms. The molecule has 1 N–H and O–H groups in total. The molecule has 20 heavy (non-hydrogen) atoms. The number of ether oxygens (including phenoxy) is 1. The van der Waals surface area contributed by atoms with Gasteiger partial charge < -0.3 is 9.84 Å². The molecular weight excluding hydrogens is 262 g/mol. The number of hydrogen-bond acceptors (Lipinski definition) is 2. The molecule has 2 bridgehead atoms. The minimum absolute atomic E-state index is 0.176. The molecule has 108 valence electrons. The molecule has 2 nitrogen and oxygen atoms in total. The highest BCUT2D eigenvalue weighted by molar-refractivity contribution is 5.29. The van der Waals surface area contributed by atoms with Gasteiger partial charge in [-0.3, -0.25) is 0 Å². The van der Waals surface area contributed by atoms with Crippen LogP contribution in [0.3, 0.4) is 0 Å². The molecule has 0 amide bonds. The lowest BCUT2D eigenvalue weighted by Gasteiger charge is -2.48. The van der Waals surface area contributed by atoms with Crippen molar-refractivity contribution < 1.29 is 18.6 Å². The molecule has 0 saturated heterocycles. The Bertz CT molecular complexity index is 540. The monoisotopic (exact) mass is 280 g/mol. The van der Waals surface area contributed by atoms with Crippen molar-refractivity contribution in [1.29, 1.82) is 0 Å². The molecule has 3 aliphatic carbocycles. The van der Waals surface area contributed by atoms with Crippen molar-refractivity contribution in [3.8, 4) is 5.75 Å². The summed E-state index contributed by atoms with van der Waals surface area (Å²) in [6, 6.07) is 6.56. The largest absolute Gasteiger partial charge is 0.508 e. The van der Waals surface area contributed by atoms with Gasteiger partial charge in [-0.2, -0.15) is 0 Å². The van der Waals surface area contributed by atoms with E-state index in [1.165, 1.54) is 0 Å². The summed E-state index contributed by atoms with van der Waals surface area (Å²) in [5, 5.41) is 9.22. The van der Waals surface area contributed by atoms with Crippen LogP contribution in [-0.2, 0) is 11.3 Å². The molecule has 0 aromatic heterocycles. The maximum atomic E-state index is 14.3. The average molecular weight is 280 g/mol. The maximum Gasteiger partial charge on any atom is 0.164 e. The molecule has 0 atom stereocenters. The van der Waals surface area contributed by atoms with Gasteiger partial charge in [0, 0.05) is 5.41 Å². The van der Waals surface area contributed by atoms with Crippen molar-refractivity contribution >= 4 is 0 Å². The number of allylic oxidation sites excluding steroid dienone is 1. The summed E-state index contributed by atoms with van der Waals surface area (Å²) < 4.78 is 34.1. The van der Waals surface area contributed by atoms with E-state index in [4.69, 9.17) is 4.74 Å². The molecule has 1 aromatic carbocycles. The van der Waals surface area contributed by atoms with Crippen molar-refractivity contribution in [3.63, 3.8) is 0 Å². The van der Waals surface area contributed by atoms with Crippen LogP contribution in [0.5, 0.6) is 5.75 Å². The quantitative estimate of drug-likeness (QED) is 0.889. The first-order valence-corrected chi connectivity index (χ1v) is 6.93. The first-order valence-electron chi connectivity index (χ1n) is 6.93. The van der Waals surface area contributed by atoms with E-state index in [1.807, 2.05) is 0 Å². The van der Waals surface area contributed by atoms with E-state index < -0.39 is 22.7 Å². The Morgan fingerprint density at radius 2 is 1.65 bits per heavy atom. The van der Waals surface area contributed by atoms with Gasteiger partial charge in [0.2, 0.25) is 0 Å². The van der Waals surface area contributed by atoms with Crippen LogP contribution in [0.4, 0.5) is 8.78 Å². The van der Waals surface area contributed by atoms with Gasteiger partial charge in [0.25, 0.3) is 0 Å². The molecule has 0 unspecified atom stereocenters. The second kappa shape index (κ2) is 4.55. The number of rotatable bonds is 3. The summed E-state index contributed by atoms with van der Waals surface area (Å²) in [4.78, 5) is 0. The summed E-state index contributed by atoms with van der Waals surface area (Å²) in [6.07, 6.45) is 2.31. The van der Waals surface area contributed by atoms with Crippen molar-refractivity contribution in [3.05, 3.63) is 41.5 Å². The van der Waals surface area contributed by atoms with Crippen LogP contribution in [0.15, 0.2) is 35.9 Å². The molecule has 1 aromatic rings. The van der Waals surface area contributed by atoms with Crippen LogP contribution in [0.25, 0.3) is 0 Å². The van der Waals surface area contributed by atoms with Gasteiger partial charge >= 0.3 is 0 Å². The molecule has 0 aliphatic heterocycles. The lowest BCUT2D eigenvalue weighted by atomic mass is 9.63. The Morgan fingerprint density at radius 3 is 2.25 bits per heavy atom. The molecule has 3 aliphatic rings. The Morgan fingerprint density at radius 1 is 1.05 bits per heavy atom. The summed E-state index contributed by atoms with van der Waals surface area (Å²) in [6.45, 7) is 2.00. The standard InChI is InChI=1S/C16H18F2O2/c1-15-6-8-16(9-7-15,14(18)13(15)17)20-10-11-2-4-12(19)5-3-11/h2-5,19H,6-10H2,1H3. The fraction of sp³-hybridized carbons (Fsp3) is 0.500. The van der Waals surface area contributed by atoms with E-state index >= 15 is 0 Å². The predicted molar refractivity (Wildman–Crippen MR) is 71.4 cm³/mol. The van der Waals surface area contributed by atoms with Gasteiger partial charge in [-0.1, -0.05) is 19.1 Å². The zero-order valence-electron chi connectivity index (χ0n) is 11.5. The van der Waals surface area contributed by atoms with E-state index in [-0.39, 0.29) is 12.4 Å². The number of fused-ring (bicyclic) bond motifs is 2. The minimum atomic E-state index is -1.08. The van der Waals surface area contributed by atoms with E-state index in [0.717, 1.165) is 5.56 Å². The maximum absolute atomic E-state index is 14.3. The minimum Gasteiger partial charge on any atom is -0.508 e. The van der Waals surface area contributed by atoms with Crippen molar-refractivity contribution in [1.82, 2.24) is 0 Å². The normalized spacial score (nSPS) is 32.8. The van der Waals surface area contributed by atoms with E-state index in [2.05, 4.69) is 0 Å². The van der Waals surface area contributed by atoms with Gasteiger partial charge in [0.1, 0.15) is 17.2 Å². The van der Waals surface area contributed by atoms with Crippen molar-refractivity contribution in [2.45, 2.75) is 44.8 Å². The van der Waals surface area contributed by atoms with Gasteiger partial charge in [-0.25, -0.2) is 8.78 Å². The molecule has 0 spiro atoms. The zero-order chi connectivity index (χ0) is 14.4. The summed E-state index contributed by atoms with van der Waals surface area (Å²) in [7, 11) is 0. The SMILES string of the molecule is CC12CCC(OCc3ccc(O)cc3)(CC1)C(F)=C2F. The van der Waals surface area contributed by atoms with E-state index in [0.29, 0.717) is 25.7 Å². The predicted octanol–water partition coefficient (Wildman–Crippen LogP) is 4.39. The Kier molecular flexibility index (Phi) is 3.09. The average Bonchev–Trinajstić information content (AvgIpc) is 2.46. The van der Waals surface area contributed by atoms with Crippen LogP contribution in [0.2, 0.25) is 0 Å². The van der Waals surface area contributed by atoms with Crippen LogP contribution in [0.1, 0.15) is 38.2 Å². The van der Waals surface area contributed by atoms with Gasteiger partial charge in [0.05, 0.1) is 6.61 Å². The molecule has 0 radical (unpaired) electrons. The third kappa shape index (κ3) is 2.03. The summed E-state index contributed by atoms with van der Waals surface area (Å²) in [5.41, 5.74) is -0.878. The van der Waals surface area contributed by atoms with Gasteiger partial charge in [-0.15, -0.1) is 0 Å². The number of aromatic hydroxyl groups is 1. The Hall–Kier alpha value is -1.42. The first kappa shape index (κ1) is 13.6. The number of benzene rings is 1. The number of phenols is 1. The number of halogens is 2.